The maximum absolute atomic E-state index is 12.1. The predicted molar refractivity (Wildman–Crippen MR) is 80.3 cm³/mol. The van der Waals surface area contributed by atoms with Crippen molar-refractivity contribution < 1.29 is 14.3 Å². The van der Waals surface area contributed by atoms with Gasteiger partial charge in [-0.25, -0.2) is 0 Å². The van der Waals surface area contributed by atoms with E-state index in [4.69, 9.17) is 4.74 Å². The van der Waals surface area contributed by atoms with Crippen LogP contribution in [0.25, 0.3) is 0 Å². The van der Waals surface area contributed by atoms with Crippen LogP contribution in [0.4, 0.5) is 5.69 Å². The molecule has 2 amide bonds. The van der Waals surface area contributed by atoms with E-state index in [9.17, 15) is 9.59 Å². The molecule has 0 saturated carbocycles. The van der Waals surface area contributed by atoms with Crippen LogP contribution in [0.15, 0.2) is 24.3 Å². The monoisotopic (exact) mass is 291 g/mol. The zero-order valence-electron chi connectivity index (χ0n) is 12.5. The van der Waals surface area contributed by atoms with Gasteiger partial charge in [-0.05, 0) is 26.1 Å². The molecule has 1 aromatic rings. The van der Waals surface area contributed by atoms with Gasteiger partial charge in [0, 0.05) is 26.2 Å². The van der Waals surface area contributed by atoms with Crippen molar-refractivity contribution >= 4 is 17.5 Å². The number of amides is 2. The van der Waals surface area contributed by atoms with Crippen molar-refractivity contribution in [1.29, 1.82) is 0 Å². The first-order valence-corrected chi connectivity index (χ1v) is 7.12. The minimum atomic E-state index is -0.619. The number of rotatable bonds is 3. The standard InChI is InChI=1S/C15H21N3O3/c1-3-21-13-7-5-4-6-12(13)16-14(19)15(20)18-10-8-17(2)9-11-18/h4-7H,3,8-11H2,1-2H3,(H,16,19). The third-order valence-corrected chi connectivity index (χ3v) is 3.42. The van der Waals surface area contributed by atoms with Crippen molar-refractivity contribution in [1.82, 2.24) is 9.80 Å². The van der Waals surface area contributed by atoms with E-state index in [1.165, 1.54) is 0 Å². The molecule has 1 N–H and O–H groups in total. The van der Waals surface area contributed by atoms with Crippen molar-refractivity contribution in [2.24, 2.45) is 0 Å². The highest BCUT2D eigenvalue weighted by molar-refractivity contribution is 6.39. The second-order valence-electron chi connectivity index (χ2n) is 4.98. The Labute approximate surface area is 124 Å². The van der Waals surface area contributed by atoms with Gasteiger partial charge in [-0.15, -0.1) is 0 Å². The highest BCUT2D eigenvalue weighted by Gasteiger charge is 2.25. The average molecular weight is 291 g/mol. The second-order valence-corrected chi connectivity index (χ2v) is 4.98. The quantitative estimate of drug-likeness (QED) is 0.837. The van der Waals surface area contributed by atoms with Gasteiger partial charge >= 0.3 is 11.8 Å². The van der Waals surface area contributed by atoms with E-state index in [-0.39, 0.29) is 0 Å². The van der Waals surface area contributed by atoms with Gasteiger partial charge in [0.1, 0.15) is 5.75 Å². The molecule has 0 spiro atoms. The summed E-state index contributed by atoms with van der Waals surface area (Å²) < 4.78 is 5.43. The molecule has 114 valence electrons. The number of anilines is 1. The van der Waals surface area contributed by atoms with E-state index in [1.807, 2.05) is 20.0 Å². The fraction of sp³-hybridized carbons (Fsp3) is 0.467. The molecule has 1 saturated heterocycles. The first kappa shape index (κ1) is 15.3. The maximum atomic E-state index is 12.1. The predicted octanol–water partition coefficient (Wildman–Crippen LogP) is 0.798. The van der Waals surface area contributed by atoms with Crippen LogP contribution in [0, 0.1) is 0 Å². The van der Waals surface area contributed by atoms with Gasteiger partial charge in [-0.1, -0.05) is 12.1 Å². The third kappa shape index (κ3) is 3.95. The summed E-state index contributed by atoms with van der Waals surface area (Å²) >= 11 is 0. The number of ether oxygens (including phenoxy) is 1. The lowest BCUT2D eigenvalue weighted by Gasteiger charge is -2.31. The van der Waals surface area contributed by atoms with Gasteiger partial charge in [0.2, 0.25) is 0 Å². The zero-order valence-corrected chi connectivity index (χ0v) is 12.5. The van der Waals surface area contributed by atoms with Crippen LogP contribution in [0.5, 0.6) is 5.75 Å². The Bertz CT molecular complexity index is 511. The maximum Gasteiger partial charge on any atom is 0.314 e. The summed E-state index contributed by atoms with van der Waals surface area (Å²) in [4.78, 5) is 27.9. The van der Waals surface area contributed by atoms with E-state index in [0.717, 1.165) is 13.1 Å². The summed E-state index contributed by atoms with van der Waals surface area (Å²) in [5.41, 5.74) is 0.520. The summed E-state index contributed by atoms with van der Waals surface area (Å²) in [6.45, 7) is 5.10. The normalized spacial score (nSPS) is 15.6. The largest absolute Gasteiger partial charge is 0.492 e. The average Bonchev–Trinajstić information content (AvgIpc) is 2.49. The molecular weight excluding hydrogens is 270 g/mol. The van der Waals surface area contributed by atoms with Gasteiger partial charge in [-0.2, -0.15) is 0 Å². The van der Waals surface area contributed by atoms with Crippen molar-refractivity contribution in [3.8, 4) is 5.75 Å². The number of nitrogens with one attached hydrogen (secondary N) is 1. The van der Waals surface area contributed by atoms with Crippen molar-refractivity contribution in [2.45, 2.75) is 6.92 Å². The molecule has 1 aliphatic heterocycles. The van der Waals surface area contributed by atoms with Crippen LogP contribution in [0.3, 0.4) is 0 Å². The lowest BCUT2D eigenvalue weighted by atomic mass is 10.2. The van der Waals surface area contributed by atoms with E-state index in [1.54, 1.807) is 23.1 Å². The molecule has 1 fully saturated rings. The van der Waals surface area contributed by atoms with Crippen LogP contribution in [-0.4, -0.2) is 61.4 Å². The molecule has 0 unspecified atom stereocenters. The molecule has 1 heterocycles. The zero-order chi connectivity index (χ0) is 15.2. The molecule has 0 radical (unpaired) electrons. The molecule has 2 rings (SSSR count). The smallest absolute Gasteiger partial charge is 0.314 e. The van der Waals surface area contributed by atoms with E-state index >= 15 is 0 Å². The van der Waals surface area contributed by atoms with Crippen molar-refractivity contribution in [3.05, 3.63) is 24.3 Å². The lowest BCUT2D eigenvalue weighted by molar-refractivity contribution is -0.144. The first-order valence-electron chi connectivity index (χ1n) is 7.12. The molecule has 0 aliphatic carbocycles. The highest BCUT2D eigenvalue weighted by Crippen LogP contribution is 2.23. The fourth-order valence-corrected chi connectivity index (χ4v) is 2.18. The number of nitrogens with zero attached hydrogens (tertiary/aromatic N) is 2. The van der Waals surface area contributed by atoms with E-state index < -0.39 is 11.8 Å². The van der Waals surface area contributed by atoms with Crippen molar-refractivity contribution in [2.75, 3.05) is 45.2 Å². The summed E-state index contributed by atoms with van der Waals surface area (Å²) in [7, 11) is 2.00. The van der Waals surface area contributed by atoms with Gasteiger partial charge in [-0.3, -0.25) is 9.59 Å². The Morgan fingerprint density at radius 1 is 1.19 bits per heavy atom. The number of para-hydroxylation sites is 2. The van der Waals surface area contributed by atoms with Gasteiger partial charge in [0.15, 0.2) is 0 Å². The second kappa shape index (κ2) is 7.08. The molecule has 6 nitrogen and oxygen atoms in total. The van der Waals surface area contributed by atoms with E-state index in [0.29, 0.717) is 31.1 Å². The summed E-state index contributed by atoms with van der Waals surface area (Å²) in [6, 6.07) is 7.10. The Kier molecular flexibility index (Phi) is 5.16. The number of likely N-dealkylation sites (N-methyl/N-ethyl adjacent to an activating group) is 1. The minimum Gasteiger partial charge on any atom is -0.492 e. The Balaban J connectivity index is 1.99. The number of benzene rings is 1. The van der Waals surface area contributed by atoms with E-state index in [2.05, 4.69) is 10.2 Å². The molecule has 0 aromatic heterocycles. The van der Waals surface area contributed by atoms with Gasteiger partial charge < -0.3 is 19.9 Å². The topological polar surface area (TPSA) is 61.9 Å². The van der Waals surface area contributed by atoms with Crippen LogP contribution < -0.4 is 10.1 Å². The number of carbonyl (C=O) groups excluding carboxylic acids is 2. The fourth-order valence-electron chi connectivity index (χ4n) is 2.18. The number of carbonyl (C=O) groups is 2. The molecular formula is C15H21N3O3. The molecule has 0 atom stereocenters. The number of hydrogen-bond donors (Lipinski definition) is 1. The summed E-state index contributed by atoms with van der Waals surface area (Å²) in [5.74, 6) is -0.541. The summed E-state index contributed by atoms with van der Waals surface area (Å²) in [5, 5.41) is 2.63. The van der Waals surface area contributed by atoms with Gasteiger partial charge in [0.05, 0.1) is 12.3 Å². The Morgan fingerprint density at radius 2 is 1.86 bits per heavy atom. The molecule has 1 aliphatic rings. The van der Waals surface area contributed by atoms with Crippen LogP contribution >= 0.6 is 0 Å². The summed E-state index contributed by atoms with van der Waals surface area (Å²) in [6.07, 6.45) is 0. The Morgan fingerprint density at radius 3 is 2.52 bits per heavy atom. The number of piperazine rings is 1. The van der Waals surface area contributed by atoms with Crippen LogP contribution in [0.2, 0.25) is 0 Å². The SMILES string of the molecule is CCOc1ccccc1NC(=O)C(=O)N1CCN(C)CC1. The van der Waals surface area contributed by atoms with Crippen LogP contribution in [0.1, 0.15) is 6.92 Å². The first-order chi connectivity index (χ1) is 10.1. The molecule has 21 heavy (non-hydrogen) atoms. The Hall–Kier alpha value is -2.08. The molecule has 6 heteroatoms. The molecule has 0 bridgehead atoms. The minimum absolute atomic E-state index is 0.491. The lowest BCUT2D eigenvalue weighted by Crippen LogP contribution is -2.50. The third-order valence-electron chi connectivity index (χ3n) is 3.42. The number of hydrogen-bond acceptors (Lipinski definition) is 4. The van der Waals surface area contributed by atoms with Gasteiger partial charge in [0.25, 0.3) is 0 Å². The van der Waals surface area contributed by atoms with Crippen LogP contribution in [-0.2, 0) is 9.59 Å². The highest BCUT2D eigenvalue weighted by atomic mass is 16.5. The molecule has 1 aromatic carbocycles. The van der Waals surface area contributed by atoms with Crippen molar-refractivity contribution in [3.63, 3.8) is 0 Å².